The number of carbonyl (C=O) groups excluding carboxylic acids is 1. The van der Waals surface area contributed by atoms with E-state index >= 15 is 0 Å². The normalized spacial score (nSPS) is 17.7. The van der Waals surface area contributed by atoms with Crippen LogP contribution in [0.2, 0.25) is 10.0 Å². The topological polar surface area (TPSA) is 63.6 Å². The molecule has 208 valence electrons. The van der Waals surface area contributed by atoms with Crippen molar-refractivity contribution in [2.24, 2.45) is 4.99 Å². The molecule has 2 fully saturated rings. The van der Waals surface area contributed by atoms with Gasteiger partial charge in [0, 0.05) is 41.4 Å². The van der Waals surface area contributed by atoms with Gasteiger partial charge < -0.3 is 19.1 Å². The SMILES string of the molecule is COc1cc(/C=C2\SC(=Nc3ccc(N4CCOCC4)cc3)N(C)C2=O)cc(I)c1OCc1ccc(Cl)cc1Cl. The first kappa shape index (κ1) is 29.1. The van der Waals surface area contributed by atoms with Crippen LogP contribution in [0.15, 0.2) is 64.5 Å². The Labute approximate surface area is 261 Å². The van der Waals surface area contributed by atoms with E-state index in [0.29, 0.717) is 31.6 Å². The number of ether oxygens (including phenoxy) is 3. The number of nitrogens with zero attached hydrogens (tertiary/aromatic N) is 3. The number of morpholine rings is 1. The Hall–Kier alpha value is -2.44. The largest absolute Gasteiger partial charge is 0.493 e. The summed E-state index contributed by atoms with van der Waals surface area (Å²) in [6, 6.07) is 17.1. The van der Waals surface area contributed by atoms with Crippen LogP contribution in [0.4, 0.5) is 11.4 Å². The van der Waals surface area contributed by atoms with E-state index in [1.807, 2.05) is 36.4 Å². The number of aliphatic imine (C=N–C) groups is 1. The number of likely N-dealkylation sites (N-methyl/N-ethyl adjacent to an activating group) is 1. The minimum atomic E-state index is -0.111. The molecule has 0 saturated carbocycles. The molecule has 1 amide bonds. The zero-order valence-corrected chi connectivity index (χ0v) is 26.3. The van der Waals surface area contributed by atoms with Crippen LogP contribution < -0.4 is 14.4 Å². The van der Waals surface area contributed by atoms with Gasteiger partial charge in [0.05, 0.1) is 34.5 Å². The predicted molar refractivity (Wildman–Crippen MR) is 171 cm³/mol. The molecule has 3 aromatic carbocycles. The number of carbonyl (C=O) groups is 1. The molecule has 11 heteroatoms. The summed E-state index contributed by atoms with van der Waals surface area (Å²) in [5.74, 6) is 1.05. The van der Waals surface area contributed by atoms with E-state index in [2.05, 4.69) is 39.6 Å². The Morgan fingerprint density at radius 2 is 1.85 bits per heavy atom. The van der Waals surface area contributed by atoms with Crippen LogP contribution in [0.1, 0.15) is 11.1 Å². The van der Waals surface area contributed by atoms with Gasteiger partial charge in [-0.1, -0.05) is 29.3 Å². The van der Waals surface area contributed by atoms with Crippen LogP contribution in [0.25, 0.3) is 6.08 Å². The Balaban J connectivity index is 1.32. The lowest BCUT2D eigenvalue weighted by Gasteiger charge is -2.28. The fourth-order valence-electron chi connectivity index (χ4n) is 4.22. The number of halogens is 3. The average Bonchev–Trinajstić information content (AvgIpc) is 3.21. The summed E-state index contributed by atoms with van der Waals surface area (Å²) >= 11 is 15.8. The van der Waals surface area contributed by atoms with Gasteiger partial charge in [-0.15, -0.1) is 0 Å². The summed E-state index contributed by atoms with van der Waals surface area (Å²) in [6.45, 7) is 3.49. The first-order valence-electron chi connectivity index (χ1n) is 12.5. The van der Waals surface area contributed by atoms with E-state index in [4.69, 9.17) is 42.4 Å². The molecule has 5 rings (SSSR count). The van der Waals surface area contributed by atoms with Gasteiger partial charge in [0.1, 0.15) is 6.61 Å². The van der Waals surface area contributed by atoms with Gasteiger partial charge in [0.25, 0.3) is 5.91 Å². The maximum Gasteiger partial charge on any atom is 0.266 e. The van der Waals surface area contributed by atoms with Crippen LogP contribution in [0.5, 0.6) is 11.5 Å². The first-order valence-corrected chi connectivity index (χ1v) is 15.1. The monoisotopic (exact) mass is 709 g/mol. The fourth-order valence-corrected chi connectivity index (χ4v) is 6.46. The van der Waals surface area contributed by atoms with Crippen molar-refractivity contribution in [3.8, 4) is 11.5 Å². The van der Waals surface area contributed by atoms with E-state index in [-0.39, 0.29) is 12.5 Å². The fraction of sp³-hybridized carbons (Fsp3) is 0.241. The van der Waals surface area contributed by atoms with Crippen molar-refractivity contribution in [2.45, 2.75) is 6.61 Å². The molecule has 2 aliphatic heterocycles. The third kappa shape index (κ3) is 6.71. The number of hydrogen-bond donors (Lipinski definition) is 0. The second-order valence-electron chi connectivity index (χ2n) is 9.04. The van der Waals surface area contributed by atoms with Crippen molar-refractivity contribution < 1.29 is 19.0 Å². The highest BCUT2D eigenvalue weighted by molar-refractivity contribution is 14.1. The van der Waals surface area contributed by atoms with Gasteiger partial charge in [-0.3, -0.25) is 9.69 Å². The molecular formula is C29H26Cl2IN3O4S. The summed E-state index contributed by atoms with van der Waals surface area (Å²) < 4.78 is 18.0. The molecule has 2 heterocycles. The molecule has 0 atom stereocenters. The molecule has 3 aromatic rings. The Bertz CT molecular complexity index is 1480. The number of benzene rings is 3. The Kier molecular flexibility index (Phi) is 9.47. The highest BCUT2D eigenvalue weighted by Crippen LogP contribution is 2.38. The number of rotatable bonds is 7. The quantitative estimate of drug-likeness (QED) is 0.190. The smallest absolute Gasteiger partial charge is 0.266 e. The van der Waals surface area contributed by atoms with Crippen LogP contribution in [-0.4, -0.2) is 56.4 Å². The van der Waals surface area contributed by atoms with Crippen molar-refractivity contribution in [3.05, 3.63) is 84.2 Å². The number of amidine groups is 1. The minimum absolute atomic E-state index is 0.111. The van der Waals surface area contributed by atoms with Gasteiger partial charge in [-0.2, -0.15) is 0 Å². The maximum absolute atomic E-state index is 13.1. The summed E-state index contributed by atoms with van der Waals surface area (Å²) in [6.07, 6.45) is 1.85. The van der Waals surface area contributed by atoms with Crippen LogP contribution in [0.3, 0.4) is 0 Å². The van der Waals surface area contributed by atoms with Gasteiger partial charge in [0.15, 0.2) is 16.7 Å². The number of thioether (sulfide) groups is 1. The highest BCUT2D eigenvalue weighted by atomic mass is 127. The van der Waals surface area contributed by atoms with Crippen LogP contribution in [-0.2, 0) is 16.1 Å². The van der Waals surface area contributed by atoms with Gasteiger partial charge in [0.2, 0.25) is 0 Å². The molecule has 0 spiro atoms. The lowest BCUT2D eigenvalue weighted by molar-refractivity contribution is -0.121. The molecule has 2 aliphatic rings. The maximum atomic E-state index is 13.1. The van der Waals surface area contributed by atoms with Crippen molar-refractivity contribution in [1.29, 1.82) is 0 Å². The number of amides is 1. The standard InChI is InChI=1S/C29H26Cl2IN3O4S/c1-34-28(36)26(40-29(34)33-21-5-7-22(8-6-21)35-9-11-38-12-10-35)15-18-13-24(32)27(25(14-18)37-2)39-17-19-3-4-20(30)16-23(19)31/h3-8,13-16H,9-12,17H2,1-2H3/b26-15-,33-29?. The van der Waals surface area contributed by atoms with E-state index < -0.39 is 0 Å². The number of hydrogen-bond acceptors (Lipinski definition) is 7. The molecule has 0 radical (unpaired) electrons. The van der Waals surface area contributed by atoms with Gasteiger partial charge in [-0.05, 0) is 94.5 Å². The third-order valence-corrected chi connectivity index (χ3v) is 8.84. The zero-order chi connectivity index (χ0) is 28.2. The average molecular weight is 710 g/mol. The second-order valence-corrected chi connectivity index (χ2v) is 12.1. The van der Waals surface area contributed by atoms with Gasteiger partial charge >= 0.3 is 0 Å². The number of anilines is 1. The van der Waals surface area contributed by atoms with Crippen molar-refractivity contribution in [1.82, 2.24) is 4.90 Å². The predicted octanol–water partition coefficient (Wildman–Crippen LogP) is 7.26. The van der Waals surface area contributed by atoms with Crippen LogP contribution in [0, 0.1) is 3.57 Å². The highest BCUT2D eigenvalue weighted by Gasteiger charge is 2.30. The molecule has 7 nitrogen and oxygen atoms in total. The van der Waals surface area contributed by atoms with Crippen LogP contribution >= 0.6 is 57.6 Å². The van der Waals surface area contributed by atoms with E-state index in [0.717, 1.165) is 52.4 Å². The summed E-state index contributed by atoms with van der Waals surface area (Å²) in [7, 11) is 3.32. The van der Waals surface area contributed by atoms with E-state index in [1.165, 1.54) is 11.8 Å². The Morgan fingerprint density at radius 3 is 2.55 bits per heavy atom. The minimum Gasteiger partial charge on any atom is -0.493 e. The summed E-state index contributed by atoms with van der Waals surface area (Å²) in [4.78, 5) is 22.2. The lowest BCUT2D eigenvalue weighted by Crippen LogP contribution is -2.36. The van der Waals surface area contributed by atoms with E-state index in [1.54, 1.807) is 31.2 Å². The summed E-state index contributed by atoms with van der Waals surface area (Å²) in [5.41, 5.74) is 3.56. The summed E-state index contributed by atoms with van der Waals surface area (Å²) in [5, 5.41) is 1.73. The van der Waals surface area contributed by atoms with Crippen molar-refractivity contribution >= 4 is 86.1 Å². The molecule has 0 aliphatic carbocycles. The van der Waals surface area contributed by atoms with Crippen molar-refractivity contribution in [3.63, 3.8) is 0 Å². The first-order chi connectivity index (χ1) is 19.3. The molecular weight excluding hydrogens is 684 g/mol. The van der Waals surface area contributed by atoms with E-state index in [9.17, 15) is 4.79 Å². The second kappa shape index (κ2) is 13.0. The molecule has 0 N–H and O–H groups in total. The molecule has 0 aromatic heterocycles. The van der Waals surface area contributed by atoms with Crippen molar-refractivity contribution in [2.75, 3.05) is 45.4 Å². The lowest BCUT2D eigenvalue weighted by atomic mass is 10.1. The molecule has 40 heavy (non-hydrogen) atoms. The molecule has 0 unspecified atom stereocenters. The van der Waals surface area contributed by atoms with Gasteiger partial charge in [-0.25, -0.2) is 4.99 Å². The number of methoxy groups -OCH3 is 1. The zero-order valence-electron chi connectivity index (χ0n) is 21.8. The third-order valence-electron chi connectivity index (χ3n) is 6.39. The molecule has 2 saturated heterocycles. The Morgan fingerprint density at radius 1 is 1.10 bits per heavy atom. The molecule has 0 bridgehead atoms.